The Labute approximate surface area is 165 Å². The summed E-state index contributed by atoms with van der Waals surface area (Å²) in [6.07, 6.45) is 6.96. The number of carbonyl (C=O) groups is 2. The number of aliphatic carboxylic acids is 1. The minimum absolute atomic E-state index is 0.0698. The van der Waals surface area contributed by atoms with Gasteiger partial charge in [-0.05, 0) is 45.2 Å². The smallest absolute Gasteiger partial charge is 0.316 e. The number of amides is 1. The van der Waals surface area contributed by atoms with Gasteiger partial charge in [0, 0.05) is 23.0 Å². The van der Waals surface area contributed by atoms with E-state index in [-0.39, 0.29) is 23.5 Å². The van der Waals surface area contributed by atoms with Crippen molar-refractivity contribution in [2.45, 2.75) is 74.7 Å². The van der Waals surface area contributed by atoms with E-state index in [1.54, 1.807) is 13.0 Å². The van der Waals surface area contributed by atoms with E-state index in [0.29, 0.717) is 17.1 Å². The zero-order chi connectivity index (χ0) is 19.4. The monoisotopic (exact) mass is 391 g/mol. The van der Waals surface area contributed by atoms with Crippen LogP contribution in [0.15, 0.2) is 29.2 Å². The van der Waals surface area contributed by atoms with Gasteiger partial charge >= 0.3 is 5.97 Å². The maximum Gasteiger partial charge on any atom is 0.316 e. The van der Waals surface area contributed by atoms with Gasteiger partial charge in [0.25, 0.3) is 5.91 Å². The van der Waals surface area contributed by atoms with Crippen molar-refractivity contribution in [2.75, 3.05) is 6.61 Å². The van der Waals surface area contributed by atoms with Gasteiger partial charge < -0.3 is 15.2 Å². The maximum atomic E-state index is 13.0. The molecule has 2 saturated carbocycles. The van der Waals surface area contributed by atoms with E-state index in [1.807, 2.05) is 25.1 Å². The molecular formula is C21H29NO4S. The van der Waals surface area contributed by atoms with Crippen LogP contribution in [0.1, 0.15) is 62.7 Å². The molecule has 2 fully saturated rings. The Morgan fingerprint density at radius 2 is 2.00 bits per heavy atom. The molecule has 3 unspecified atom stereocenters. The Morgan fingerprint density at radius 3 is 2.67 bits per heavy atom. The van der Waals surface area contributed by atoms with E-state index in [0.717, 1.165) is 19.3 Å². The Bertz CT molecular complexity index is 687. The molecule has 0 bridgehead atoms. The molecule has 3 rings (SSSR count). The van der Waals surface area contributed by atoms with Gasteiger partial charge in [0.1, 0.15) is 5.25 Å². The Balaban J connectivity index is 1.73. The molecule has 148 valence electrons. The van der Waals surface area contributed by atoms with Gasteiger partial charge in [0.2, 0.25) is 0 Å². The van der Waals surface area contributed by atoms with E-state index in [1.165, 1.54) is 31.0 Å². The van der Waals surface area contributed by atoms with Crippen LogP contribution in [0.2, 0.25) is 0 Å². The summed E-state index contributed by atoms with van der Waals surface area (Å²) < 4.78 is 5.97. The molecular weight excluding hydrogens is 362 g/mol. The van der Waals surface area contributed by atoms with Crippen LogP contribution in [0.4, 0.5) is 0 Å². The number of thioether (sulfide) groups is 1. The summed E-state index contributed by atoms with van der Waals surface area (Å²) in [5.41, 5.74) is 0.627. The van der Waals surface area contributed by atoms with Gasteiger partial charge in [0.15, 0.2) is 0 Å². The SMILES string of the molecule is CCOC1CC(NC(=O)c2ccccc2SC(C)C(=O)O)C12CCCCC2. The predicted octanol–water partition coefficient (Wildman–Crippen LogP) is 4.11. The predicted molar refractivity (Wildman–Crippen MR) is 106 cm³/mol. The first-order chi connectivity index (χ1) is 13.0. The van der Waals surface area contributed by atoms with Crippen molar-refractivity contribution >= 4 is 23.6 Å². The number of carboxylic acids is 1. The third kappa shape index (κ3) is 4.16. The highest BCUT2D eigenvalue weighted by atomic mass is 32.2. The van der Waals surface area contributed by atoms with Crippen LogP contribution in [0.25, 0.3) is 0 Å². The van der Waals surface area contributed by atoms with Crippen LogP contribution in [0.5, 0.6) is 0 Å². The molecule has 2 aliphatic carbocycles. The van der Waals surface area contributed by atoms with Crippen molar-refractivity contribution in [2.24, 2.45) is 5.41 Å². The highest BCUT2D eigenvalue weighted by molar-refractivity contribution is 8.00. The molecule has 0 heterocycles. The fourth-order valence-electron chi connectivity index (χ4n) is 4.50. The molecule has 0 aliphatic heterocycles. The number of carbonyl (C=O) groups excluding carboxylic acids is 1. The summed E-state index contributed by atoms with van der Waals surface area (Å²) in [5, 5.41) is 11.8. The number of ether oxygens (including phenoxy) is 1. The standard InChI is InChI=1S/C21H29NO4S/c1-3-26-18-13-17(21(18)11-7-4-8-12-21)22-19(23)15-9-5-6-10-16(15)27-14(2)20(24)25/h5-6,9-10,14,17-18H,3-4,7-8,11-13H2,1-2H3,(H,22,23)(H,24,25). The normalized spacial score (nSPS) is 24.8. The number of carboxylic acid groups (broad SMARTS) is 1. The van der Waals surface area contributed by atoms with Crippen LogP contribution in [-0.2, 0) is 9.53 Å². The second kappa shape index (κ2) is 8.65. The van der Waals surface area contributed by atoms with Crippen LogP contribution in [0.3, 0.4) is 0 Å². The Hall–Kier alpha value is -1.53. The largest absolute Gasteiger partial charge is 0.480 e. The van der Waals surface area contributed by atoms with E-state index in [9.17, 15) is 14.7 Å². The molecule has 0 radical (unpaired) electrons. The number of benzene rings is 1. The third-order valence-corrected chi connectivity index (χ3v) is 7.19. The molecule has 2 aliphatic rings. The van der Waals surface area contributed by atoms with Gasteiger partial charge in [-0.1, -0.05) is 31.4 Å². The lowest BCUT2D eigenvalue weighted by Gasteiger charge is -2.57. The summed E-state index contributed by atoms with van der Waals surface area (Å²) >= 11 is 1.21. The van der Waals surface area contributed by atoms with Crippen molar-refractivity contribution in [3.05, 3.63) is 29.8 Å². The molecule has 1 aromatic carbocycles. The second-order valence-corrected chi connectivity index (χ2v) is 8.98. The average Bonchev–Trinajstić information content (AvgIpc) is 2.68. The van der Waals surface area contributed by atoms with Crippen LogP contribution in [-0.4, -0.2) is 41.0 Å². The average molecular weight is 392 g/mol. The molecule has 6 heteroatoms. The van der Waals surface area contributed by atoms with Gasteiger partial charge in [-0.25, -0.2) is 0 Å². The van der Waals surface area contributed by atoms with Crippen molar-refractivity contribution < 1.29 is 19.4 Å². The first-order valence-electron chi connectivity index (χ1n) is 9.89. The first kappa shape index (κ1) is 20.2. The Kier molecular flexibility index (Phi) is 6.48. The quantitative estimate of drug-likeness (QED) is 0.684. The molecule has 1 spiro atoms. The topological polar surface area (TPSA) is 75.6 Å². The summed E-state index contributed by atoms with van der Waals surface area (Å²) in [4.78, 5) is 24.9. The van der Waals surface area contributed by atoms with E-state index in [2.05, 4.69) is 5.32 Å². The summed E-state index contributed by atoms with van der Waals surface area (Å²) in [5.74, 6) is -0.990. The van der Waals surface area contributed by atoms with Gasteiger partial charge in [0.05, 0.1) is 11.7 Å². The zero-order valence-electron chi connectivity index (χ0n) is 16.1. The fraction of sp³-hybridized carbons (Fsp3) is 0.619. The molecule has 1 aromatic rings. The van der Waals surface area contributed by atoms with Crippen LogP contribution < -0.4 is 5.32 Å². The molecule has 3 atom stereocenters. The summed E-state index contributed by atoms with van der Waals surface area (Å²) in [6, 6.07) is 7.39. The van der Waals surface area contributed by atoms with Gasteiger partial charge in [-0.2, -0.15) is 0 Å². The lowest BCUT2D eigenvalue weighted by atomic mass is 9.55. The van der Waals surface area contributed by atoms with E-state index >= 15 is 0 Å². The van der Waals surface area contributed by atoms with E-state index in [4.69, 9.17) is 4.74 Å². The number of rotatable bonds is 7. The minimum atomic E-state index is -0.880. The Morgan fingerprint density at radius 1 is 1.30 bits per heavy atom. The van der Waals surface area contributed by atoms with Crippen LogP contribution >= 0.6 is 11.8 Å². The van der Waals surface area contributed by atoms with Crippen molar-refractivity contribution in [1.82, 2.24) is 5.32 Å². The fourth-order valence-corrected chi connectivity index (χ4v) is 5.43. The molecule has 0 saturated heterocycles. The molecule has 27 heavy (non-hydrogen) atoms. The minimum Gasteiger partial charge on any atom is -0.480 e. The lowest BCUT2D eigenvalue weighted by molar-refractivity contribution is -0.146. The summed E-state index contributed by atoms with van der Waals surface area (Å²) in [6.45, 7) is 4.37. The highest BCUT2D eigenvalue weighted by Crippen LogP contribution is 2.53. The number of nitrogens with one attached hydrogen (secondary N) is 1. The number of hydrogen-bond donors (Lipinski definition) is 2. The molecule has 2 N–H and O–H groups in total. The van der Waals surface area contributed by atoms with Crippen molar-refractivity contribution in [3.8, 4) is 0 Å². The molecule has 0 aromatic heterocycles. The van der Waals surface area contributed by atoms with Crippen LogP contribution in [0, 0.1) is 5.41 Å². The zero-order valence-corrected chi connectivity index (χ0v) is 16.9. The number of hydrogen-bond acceptors (Lipinski definition) is 4. The maximum absolute atomic E-state index is 13.0. The van der Waals surface area contributed by atoms with Crippen molar-refractivity contribution in [1.29, 1.82) is 0 Å². The lowest BCUT2D eigenvalue weighted by Crippen LogP contribution is -2.65. The molecule has 1 amide bonds. The molecule has 5 nitrogen and oxygen atoms in total. The van der Waals surface area contributed by atoms with Gasteiger partial charge in [-0.15, -0.1) is 11.8 Å². The summed E-state index contributed by atoms with van der Waals surface area (Å²) in [7, 11) is 0. The third-order valence-electron chi connectivity index (χ3n) is 6.03. The van der Waals surface area contributed by atoms with Crippen molar-refractivity contribution in [3.63, 3.8) is 0 Å². The first-order valence-corrected chi connectivity index (χ1v) is 10.8. The second-order valence-electron chi connectivity index (χ2n) is 7.59. The van der Waals surface area contributed by atoms with E-state index < -0.39 is 11.2 Å². The van der Waals surface area contributed by atoms with Gasteiger partial charge in [-0.3, -0.25) is 9.59 Å². The highest BCUT2D eigenvalue weighted by Gasteiger charge is 2.56.